The first-order valence-corrected chi connectivity index (χ1v) is 16.5. The van der Waals surface area contributed by atoms with E-state index >= 15 is 0 Å². The highest BCUT2D eigenvalue weighted by atomic mass is 16.5. The van der Waals surface area contributed by atoms with Crippen LogP contribution in [0.5, 0.6) is 28.7 Å². The Morgan fingerprint density at radius 1 is 0.490 bits per heavy atom. The van der Waals surface area contributed by atoms with E-state index in [1.165, 1.54) is 0 Å². The van der Waals surface area contributed by atoms with Gasteiger partial charge < -0.3 is 28.8 Å². The summed E-state index contributed by atoms with van der Waals surface area (Å²) in [5, 5.41) is 11.6. The summed E-state index contributed by atoms with van der Waals surface area (Å²) in [6.07, 6.45) is -1.20. The molecule has 0 spiro atoms. The highest BCUT2D eigenvalue weighted by Crippen LogP contribution is 2.44. The van der Waals surface area contributed by atoms with Gasteiger partial charge in [0.2, 0.25) is 0 Å². The molecular weight excluding hydrogens is 612 g/mol. The van der Waals surface area contributed by atoms with Gasteiger partial charge in [-0.05, 0) is 34.4 Å². The molecule has 0 unspecified atom stereocenters. The molecule has 0 radical (unpaired) electrons. The average molecular weight is 651 g/mol. The smallest absolute Gasteiger partial charge is 0.150 e. The maximum absolute atomic E-state index is 11.6. The Hall–Kier alpha value is -5.72. The number of ether oxygens (including phenoxy) is 5. The Balaban J connectivity index is 1.18. The third-order valence-corrected chi connectivity index (χ3v) is 8.37. The molecule has 1 heterocycles. The van der Waals surface area contributed by atoms with E-state index in [1.54, 1.807) is 0 Å². The van der Waals surface area contributed by atoms with Gasteiger partial charge in [-0.15, -0.1) is 0 Å². The van der Waals surface area contributed by atoms with Gasteiger partial charge >= 0.3 is 0 Å². The molecule has 0 aliphatic carbocycles. The maximum atomic E-state index is 11.6. The summed E-state index contributed by atoms with van der Waals surface area (Å²) in [7, 11) is 0. The Bertz CT molecular complexity index is 1870. The second-order valence-corrected chi connectivity index (χ2v) is 12.0. The molecule has 6 nitrogen and oxygen atoms in total. The minimum absolute atomic E-state index is 0.332. The zero-order valence-corrected chi connectivity index (χ0v) is 27.1. The second-order valence-electron chi connectivity index (χ2n) is 12.0. The first-order chi connectivity index (χ1) is 24.2. The van der Waals surface area contributed by atoms with Gasteiger partial charge in [0, 0.05) is 35.7 Å². The molecule has 1 N–H and O–H groups in total. The fraction of sp³-hybridized carbons (Fsp3) is 0.163. The first kappa shape index (κ1) is 31.9. The Morgan fingerprint density at radius 2 is 0.898 bits per heavy atom. The van der Waals surface area contributed by atoms with Crippen molar-refractivity contribution in [3.05, 3.63) is 185 Å². The molecule has 0 saturated heterocycles. The molecule has 2 atom stereocenters. The van der Waals surface area contributed by atoms with E-state index in [0.717, 1.165) is 33.4 Å². The third-order valence-electron chi connectivity index (χ3n) is 8.37. The Kier molecular flexibility index (Phi) is 10.0. The Labute approximate surface area is 287 Å². The summed E-state index contributed by atoms with van der Waals surface area (Å²) >= 11 is 0. The van der Waals surface area contributed by atoms with Gasteiger partial charge in [0.25, 0.3) is 0 Å². The van der Waals surface area contributed by atoms with Crippen molar-refractivity contribution < 1.29 is 28.8 Å². The van der Waals surface area contributed by atoms with E-state index in [0.29, 0.717) is 61.6 Å². The van der Waals surface area contributed by atoms with Crippen molar-refractivity contribution in [1.29, 1.82) is 0 Å². The van der Waals surface area contributed by atoms with Crippen molar-refractivity contribution in [2.24, 2.45) is 0 Å². The number of hydrogen-bond donors (Lipinski definition) is 1. The monoisotopic (exact) mass is 650 g/mol. The van der Waals surface area contributed by atoms with Gasteiger partial charge in [-0.25, -0.2) is 0 Å². The summed E-state index contributed by atoms with van der Waals surface area (Å²) in [6.45, 7) is 1.55. The van der Waals surface area contributed by atoms with Gasteiger partial charge in [0.1, 0.15) is 55.2 Å². The molecule has 7 rings (SSSR count). The first-order valence-electron chi connectivity index (χ1n) is 16.5. The number of rotatable bonds is 13. The van der Waals surface area contributed by atoms with Crippen LogP contribution in [0.15, 0.2) is 152 Å². The number of hydrogen-bond acceptors (Lipinski definition) is 6. The SMILES string of the molecule is O[C@@H]1Cc2c(OCc3ccccc3)cc(OCc3ccccc3)cc2O[C@@H]1c1cc(OCc2ccccc2)cc(OCc2ccccc2)c1. The molecule has 1 aliphatic rings. The zero-order valence-electron chi connectivity index (χ0n) is 27.1. The molecule has 49 heavy (non-hydrogen) atoms. The van der Waals surface area contributed by atoms with Crippen molar-refractivity contribution >= 4 is 0 Å². The number of fused-ring (bicyclic) bond motifs is 1. The van der Waals surface area contributed by atoms with Gasteiger partial charge in [-0.1, -0.05) is 121 Å². The van der Waals surface area contributed by atoms with E-state index in [4.69, 9.17) is 23.7 Å². The number of aliphatic hydroxyl groups is 1. The third kappa shape index (κ3) is 8.42. The topological polar surface area (TPSA) is 66.4 Å². The van der Waals surface area contributed by atoms with Crippen LogP contribution in [0, 0.1) is 0 Å². The minimum Gasteiger partial charge on any atom is -0.489 e. The Morgan fingerprint density at radius 3 is 1.35 bits per heavy atom. The van der Waals surface area contributed by atoms with Crippen LogP contribution in [0.4, 0.5) is 0 Å². The van der Waals surface area contributed by atoms with Gasteiger partial charge in [-0.2, -0.15) is 0 Å². The molecule has 1 aliphatic heterocycles. The predicted octanol–water partition coefficient (Wildman–Crippen LogP) is 9.04. The molecule has 6 aromatic carbocycles. The van der Waals surface area contributed by atoms with Crippen LogP contribution in [0.25, 0.3) is 0 Å². The van der Waals surface area contributed by atoms with Gasteiger partial charge in [0.15, 0.2) is 6.10 Å². The van der Waals surface area contributed by atoms with E-state index in [2.05, 4.69) is 0 Å². The molecule has 6 aromatic rings. The van der Waals surface area contributed by atoms with Crippen LogP contribution in [0.2, 0.25) is 0 Å². The summed E-state index contributed by atoms with van der Waals surface area (Å²) < 4.78 is 31.7. The minimum atomic E-state index is -0.853. The molecular formula is C43H38O6. The molecule has 6 heteroatoms. The van der Waals surface area contributed by atoms with Crippen LogP contribution < -0.4 is 23.7 Å². The second kappa shape index (κ2) is 15.5. The van der Waals surface area contributed by atoms with E-state index in [-0.39, 0.29) is 0 Å². The van der Waals surface area contributed by atoms with Crippen molar-refractivity contribution in [2.75, 3.05) is 0 Å². The fourth-order valence-corrected chi connectivity index (χ4v) is 5.82. The van der Waals surface area contributed by atoms with Crippen LogP contribution in [0.3, 0.4) is 0 Å². The quantitative estimate of drug-likeness (QED) is 0.135. The maximum Gasteiger partial charge on any atom is 0.150 e. The van der Waals surface area contributed by atoms with Crippen LogP contribution in [-0.2, 0) is 32.8 Å². The number of benzene rings is 6. The lowest BCUT2D eigenvalue weighted by Gasteiger charge is -2.32. The molecule has 0 bridgehead atoms. The van der Waals surface area contributed by atoms with Crippen molar-refractivity contribution in [3.8, 4) is 28.7 Å². The van der Waals surface area contributed by atoms with Crippen molar-refractivity contribution in [1.82, 2.24) is 0 Å². The number of aliphatic hydroxyl groups excluding tert-OH is 1. The molecule has 0 amide bonds. The molecule has 0 saturated carbocycles. The van der Waals surface area contributed by atoms with E-state index < -0.39 is 12.2 Å². The van der Waals surface area contributed by atoms with Crippen molar-refractivity contribution in [2.45, 2.75) is 45.1 Å². The summed E-state index contributed by atoms with van der Waals surface area (Å²) in [4.78, 5) is 0. The van der Waals surface area contributed by atoms with Gasteiger partial charge in [-0.3, -0.25) is 0 Å². The van der Waals surface area contributed by atoms with Crippen molar-refractivity contribution in [3.63, 3.8) is 0 Å². The van der Waals surface area contributed by atoms with E-state index in [9.17, 15) is 5.11 Å². The lowest BCUT2D eigenvalue weighted by Crippen LogP contribution is -2.30. The highest BCUT2D eigenvalue weighted by molar-refractivity contribution is 5.53. The summed E-state index contributed by atoms with van der Waals surface area (Å²) in [5.74, 6) is 3.09. The molecule has 0 aromatic heterocycles. The zero-order chi connectivity index (χ0) is 33.3. The largest absolute Gasteiger partial charge is 0.489 e. The lowest BCUT2D eigenvalue weighted by molar-refractivity contribution is 0.0191. The van der Waals surface area contributed by atoms with E-state index in [1.807, 2.05) is 152 Å². The van der Waals surface area contributed by atoms with Crippen LogP contribution in [-0.4, -0.2) is 11.2 Å². The van der Waals surface area contributed by atoms with Crippen LogP contribution in [0.1, 0.15) is 39.5 Å². The summed E-state index contributed by atoms with van der Waals surface area (Å²) in [5.41, 5.74) is 5.73. The van der Waals surface area contributed by atoms with Gasteiger partial charge in [0.05, 0.1) is 6.10 Å². The van der Waals surface area contributed by atoms with Crippen LogP contribution >= 0.6 is 0 Å². The molecule has 246 valence electrons. The fourth-order valence-electron chi connectivity index (χ4n) is 5.82. The highest BCUT2D eigenvalue weighted by Gasteiger charge is 2.33. The lowest BCUT2D eigenvalue weighted by atomic mass is 9.93. The normalized spacial score (nSPS) is 15.0. The standard InChI is InChI=1S/C43H38O6/c44-40-26-39-41(48-30-34-19-11-4-12-20-34)24-38(47-29-33-17-9-3-10-18-33)25-42(39)49-43(40)35-21-36(45-27-31-13-5-1-6-14-31)23-37(22-35)46-28-32-15-7-2-8-16-32/h1-25,40,43-44H,26-30H2/t40-,43-/m1/s1. The predicted molar refractivity (Wildman–Crippen MR) is 189 cm³/mol. The summed E-state index contributed by atoms with van der Waals surface area (Å²) in [6, 6.07) is 49.5. The average Bonchev–Trinajstić information content (AvgIpc) is 3.16. The molecule has 0 fully saturated rings.